The molecule has 2 N–H and O–H groups in total. The zero-order valence-corrected chi connectivity index (χ0v) is 12.8. The van der Waals surface area contributed by atoms with Gasteiger partial charge in [0.2, 0.25) is 11.8 Å². The summed E-state index contributed by atoms with van der Waals surface area (Å²) in [5, 5.41) is 4.36. The first-order chi connectivity index (χ1) is 7.48. The van der Waals surface area contributed by atoms with Crippen LogP contribution in [0.25, 0.3) is 0 Å². The number of imide groups is 2. The van der Waals surface area contributed by atoms with E-state index in [1.54, 1.807) is 6.92 Å². The molecule has 1 fully saturated rings. The molecule has 1 saturated heterocycles. The molecule has 0 bridgehead atoms. The van der Waals surface area contributed by atoms with Gasteiger partial charge in [-0.15, -0.1) is 0 Å². The fourth-order valence-electron chi connectivity index (χ4n) is 2.36. The molecule has 0 radical (unpaired) electrons. The number of nitrogens with one attached hydrogen (secondary N) is 2. The summed E-state index contributed by atoms with van der Waals surface area (Å²) in [5.41, 5.74) is -1.09. The summed E-state index contributed by atoms with van der Waals surface area (Å²) in [6.45, 7) is 5.67. The molecule has 5 nitrogen and oxygen atoms in total. The first-order valence-corrected chi connectivity index (χ1v) is 5.65. The predicted molar refractivity (Wildman–Crippen MR) is 66.5 cm³/mol. The summed E-state index contributed by atoms with van der Waals surface area (Å²) in [4.78, 5) is 34.8. The van der Waals surface area contributed by atoms with Gasteiger partial charge in [0.1, 0.15) is 5.41 Å². The molecule has 1 rings (SSSR count). The molecular weight excluding hydrogens is 248 g/mol. The van der Waals surface area contributed by atoms with Gasteiger partial charge in [-0.25, -0.2) is 4.79 Å². The summed E-state index contributed by atoms with van der Waals surface area (Å²) in [6.07, 6.45) is 2.08. The fourth-order valence-corrected chi connectivity index (χ4v) is 2.36. The summed E-state index contributed by atoms with van der Waals surface area (Å²) in [7, 11) is 0. The zero-order chi connectivity index (χ0) is 12.3. The molecule has 94 valence electrons. The quantitative estimate of drug-likeness (QED) is 0.590. The van der Waals surface area contributed by atoms with E-state index in [0.29, 0.717) is 6.42 Å². The number of urea groups is 1. The molecule has 1 aliphatic heterocycles. The number of amides is 4. The Balaban J connectivity index is -0.000000853. The number of rotatable bonds is 4. The second-order valence-corrected chi connectivity index (χ2v) is 4.25. The van der Waals surface area contributed by atoms with Crippen molar-refractivity contribution in [2.24, 2.45) is 11.3 Å². The molecule has 1 atom stereocenters. The molecule has 0 aromatic carbocycles. The van der Waals surface area contributed by atoms with Gasteiger partial charge in [0.05, 0.1) is 0 Å². The standard InChI is InChI=1S/C11H18N2O3.Ca.2H/c1-4-6-7(3)11(5-2)8(14)12-10(16)13-9(11)15;;;/h7H,4-6H2,1-3H3,(H2,12,13,14,15,16);;;/q;+2;2*-1/t7-;;;/m1.../s1. The minimum Gasteiger partial charge on any atom is -1.00 e. The van der Waals surface area contributed by atoms with Crippen LogP contribution in [0.2, 0.25) is 0 Å². The normalized spacial score (nSPS) is 20.1. The van der Waals surface area contributed by atoms with E-state index < -0.39 is 23.3 Å². The molecular formula is C11H20CaN2O3. The van der Waals surface area contributed by atoms with Crippen molar-refractivity contribution in [1.29, 1.82) is 0 Å². The van der Waals surface area contributed by atoms with Crippen molar-refractivity contribution >= 4 is 55.6 Å². The van der Waals surface area contributed by atoms with Crippen LogP contribution < -0.4 is 10.6 Å². The topological polar surface area (TPSA) is 75.3 Å². The number of barbiturate groups is 1. The summed E-state index contributed by atoms with van der Waals surface area (Å²) in [6, 6.07) is -0.720. The van der Waals surface area contributed by atoms with Crippen LogP contribution in [-0.4, -0.2) is 55.6 Å². The smallest absolute Gasteiger partial charge is 1.00 e. The van der Waals surface area contributed by atoms with Crippen molar-refractivity contribution in [3.8, 4) is 0 Å². The molecule has 0 aromatic heterocycles. The summed E-state index contributed by atoms with van der Waals surface area (Å²) in [5.74, 6) is -1.01. The van der Waals surface area contributed by atoms with Crippen LogP contribution in [0.3, 0.4) is 0 Å². The average molecular weight is 268 g/mol. The van der Waals surface area contributed by atoms with Gasteiger partial charge in [-0.05, 0) is 18.8 Å². The van der Waals surface area contributed by atoms with Gasteiger partial charge in [0, 0.05) is 0 Å². The van der Waals surface area contributed by atoms with Crippen LogP contribution in [0.15, 0.2) is 0 Å². The van der Waals surface area contributed by atoms with Crippen molar-refractivity contribution in [2.75, 3.05) is 0 Å². The van der Waals surface area contributed by atoms with E-state index in [-0.39, 0.29) is 46.5 Å². The molecule has 17 heavy (non-hydrogen) atoms. The molecule has 6 heteroatoms. The van der Waals surface area contributed by atoms with E-state index in [0.717, 1.165) is 12.8 Å². The molecule has 0 spiro atoms. The molecule has 1 aliphatic rings. The number of hydrogen-bond donors (Lipinski definition) is 2. The van der Waals surface area contributed by atoms with Gasteiger partial charge in [-0.3, -0.25) is 20.2 Å². The average Bonchev–Trinajstić information content (AvgIpc) is 2.18. The number of carbonyl (C=O) groups is 3. The number of hydrogen-bond acceptors (Lipinski definition) is 3. The van der Waals surface area contributed by atoms with E-state index in [1.807, 2.05) is 13.8 Å². The minimum atomic E-state index is -1.09. The maximum atomic E-state index is 11.9. The first kappa shape index (κ1) is 16.9. The van der Waals surface area contributed by atoms with Crippen LogP contribution in [0.4, 0.5) is 4.79 Å². The number of carbonyl (C=O) groups excluding carboxylic acids is 3. The third-order valence-electron chi connectivity index (χ3n) is 3.39. The second kappa shape index (κ2) is 6.71. The van der Waals surface area contributed by atoms with E-state index >= 15 is 0 Å². The monoisotopic (exact) mass is 268 g/mol. The van der Waals surface area contributed by atoms with Crippen LogP contribution in [0.5, 0.6) is 0 Å². The summed E-state index contributed by atoms with van der Waals surface area (Å²) >= 11 is 0. The maximum Gasteiger partial charge on any atom is 2.00 e. The SMILES string of the molecule is CCC[C@@H](C)C1(CC)C(=O)NC(=O)NC1=O.[Ca+2].[H-].[H-]. The molecule has 0 unspecified atom stereocenters. The molecule has 0 aliphatic carbocycles. The largest absolute Gasteiger partial charge is 2.00 e. The van der Waals surface area contributed by atoms with Gasteiger partial charge < -0.3 is 2.85 Å². The Morgan fingerprint density at radius 1 is 1.18 bits per heavy atom. The van der Waals surface area contributed by atoms with Gasteiger partial charge in [-0.2, -0.15) is 0 Å². The van der Waals surface area contributed by atoms with Crippen LogP contribution in [0, 0.1) is 11.3 Å². The van der Waals surface area contributed by atoms with Crippen LogP contribution in [-0.2, 0) is 9.59 Å². The Morgan fingerprint density at radius 3 is 2.00 bits per heavy atom. The van der Waals surface area contributed by atoms with Crippen molar-refractivity contribution in [2.45, 2.75) is 40.0 Å². The van der Waals surface area contributed by atoms with Crippen LogP contribution in [0.1, 0.15) is 42.9 Å². The first-order valence-electron chi connectivity index (χ1n) is 5.65. The Hall–Kier alpha value is -0.130. The Morgan fingerprint density at radius 2 is 1.65 bits per heavy atom. The van der Waals surface area contributed by atoms with Gasteiger partial charge in [-0.1, -0.05) is 27.2 Å². The van der Waals surface area contributed by atoms with Crippen LogP contribution >= 0.6 is 0 Å². The molecule has 0 saturated carbocycles. The van der Waals surface area contributed by atoms with Crippen molar-refractivity contribution in [3.63, 3.8) is 0 Å². The predicted octanol–water partition coefficient (Wildman–Crippen LogP) is 1.03. The molecule has 4 amide bonds. The van der Waals surface area contributed by atoms with Crippen molar-refractivity contribution in [1.82, 2.24) is 10.6 Å². The fraction of sp³-hybridized carbons (Fsp3) is 0.727. The minimum absolute atomic E-state index is 0. The third-order valence-corrected chi connectivity index (χ3v) is 3.39. The van der Waals surface area contributed by atoms with Crippen molar-refractivity contribution < 1.29 is 17.2 Å². The Bertz CT molecular complexity index is 320. The van der Waals surface area contributed by atoms with E-state index in [1.165, 1.54) is 0 Å². The maximum absolute atomic E-state index is 11.9. The van der Waals surface area contributed by atoms with E-state index in [4.69, 9.17) is 0 Å². The van der Waals surface area contributed by atoms with E-state index in [9.17, 15) is 14.4 Å². The Kier molecular flexibility index (Phi) is 6.66. The van der Waals surface area contributed by atoms with Crippen molar-refractivity contribution in [3.05, 3.63) is 0 Å². The Labute approximate surface area is 134 Å². The van der Waals surface area contributed by atoms with Gasteiger partial charge >= 0.3 is 43.8 Å². The third kappa shape index (κ3) is 3.01. The molecule has 0 aromatic rings. The summed E-state index contributed by atoms with van der Waals surface area (Å²) < 4.78 is 0. The second-order valence-electron chi connectivity index (χ2n) is 4.25. The molecule has 1 heterocycles. The van der Waals surface area contributed by atoms with Gasteiger partial charge in [0.25, 0.3) is 0 Å². The zero-order valence-electron chi connectivity index (χ0n) is 12.6. The van der Waals surface area contributed by atoms with E-state index in [2.05, 4.69) is 10.6 Å². The van der Waals surface area contributed by atoms with Gasteiger partial charge in [0.15, 0.2) is 0 Å².